The summed E-state index contributed by atoms with van der Waals surface area (Å²) in [4.78, 5) is 7.66. The van der Waals surface area contributed by atoms with Crippen LogP contribution in [0.15, 0.2) is 83.3 Å². The summed E-state index contributed by atoms with van der Waals surface area (Å²) in [6.07, 6.45) is 4.96. The Morgan fingerprint density at radius 2 is 2.07 bits per heavy atom. The number of nitrogens with two attached hydrogens (primary N) is 1. The number of nitrogens with zero attached hydrogens (tertiary/aromatic N) is 3. The molecule has 150 valence electrons. The van der Waals surface area contributed by atoms with Gasteiger partial charge in [-0.2, -0.15) is 5.26 Å². The summed E-state index contributed by atoms with van der Waals surface area (Å²) >= 11 is 0. The van der Waals surface area contributed by atoms with Gasteiger partial charge < -0.3 is 11.1 Å². The van der Waals surface area contributed by atoms with Crippen molar-refractivity contribution in [3.05, 3.63) is 95.2 Å². The Morgan fingerprint density at radius 3 is 2.67 bits per heavy atom. The van der Waals surface area contributed by atoms with E-state index >= 15 is 0 Å². The van der Waals surface area contributed by atoms with E-state index in [4.69, 9.17) is 5.73 Å². The van der Waals surface area contributed by atoms with Crippen molar-refractivity contribution in [1.82, 2.24) is 10.3 Å². The van der Waals surface area contributed by atoms with Crippen molar-refractivity contribution in [3.8, 4) is 17.9 Å². The standard InChI is InChI=1S/C24H22FN5/c1-17(21-8-10-23(25)11-9-21)30-18(2)22(13-20(14-26)15-28-3)6-4-5-19-7-12-24(27)29-16-19/h7-13,15-17,30H,2-3,6H2,1H3,(H2,27,29)/b20-15+,22-13+. The zero-order chi connectivity index (χ0) is 21.9. The molecule has 5 nitrogen and oxygen atoms in total. The van der Waals surface area contributed by atoms with Gasteiger partial charge in [0, 0.05) is 36.1 Å². The molecule has 0 saturated heterocycles. The number of allylic oxidation sites excluding steroid dienone is 3. The first-order valence-corrected chi connectivity index (χ1v) is 9.11. The van der Waals surface area contributed by atoms with Gasteiger partial charge in [0.15, 0.2) is 0 Å². The quantitative estimate of drug-likeness (QED) is 0.312. The third-order valence-electron chi connectivity index (χ3n) is 4.14. The molecule has 0 fully saturated rings. The number of rotatable bonds is 7. The summed E-state index contributed by atoms with van der Waals surface area (Å²) in [5.74, 6) is 6.21. The predicted octanol–water partition coefficient (Wildman–Crippen LogP) is 4.44. The van der Waals surface area contributed by atoms with Crippen LogP contribution in [0.1, 0.15) is 30.5 Å². The van der Waals surface area contributed by atoms with Crippen molar-refractivity contribution >= 4 is 12.5 Å². The van der Waals surface area contributed by atoms with Crippen LogP contribution < -0.4 is 11.1 Å². The predicted molar refractivity (Wildman–Crippen MR) is 119 cm³/mol. The van der Waals surface area contributed by atoms with E-state index in [9.17, 15) is 9.65 Å². The van der Waals surface area contributed by atoms with Gasteiger partial charge in [-0.3, -0.25) is 4.99 Å². The van der Waals surface area contributed by atoms with Crippen LogP contribution in [0, 0.1) is 29.0 Å². The first-order chi connectivity index (χ1) is 14.4. The molecule has 2 aromatic rings. The van der Waals surface area contributed by atoms with E-state index in [1.165, 1.54) is 18.3 Å². The highest BCUT2D eigenvalue weighted by molar-refractivity contribution is 5.45. The Balaban J connectivity index is 2.23. The molecule has 0 spiro atoms. The van der Waals surface area contributed by atoms with Crippen LogP contribution in [-0.2, 0) is 0 Å². The Labute approximate surface area is 176 Å². The lowest BCUT2D eigenvalue weighted by Crippen LogP contribution is -2.18. The number of hydrogen-bond donors (Lipinski definition) is 2. The third kappa shape index (κ3) is 6.78. The van der Waals surface area contributed by atoms with Gasteiger partial charge in [-0.15, -0.1) is 0 Å². The van der Waals surface area contributed by atoms with E-state index in [-0.39, 0.29) is 11.9 Å². The Morgan fingerprint density at radius 1 is 1.33 bits per heavy atom. The van der Waals surface area contributed by atoms with Gasteiger partial charge in [0.1, 0.15) is 17.7 Å². The van der Waals surface area contributed by atoms with Crippen LogP contribution in [0.3, 0.4) is 0 Å². The van der Waals surface area contributed by atoms with Gasteiger partial charge in [0.2, 0.25) is 0 Å². The second kappa shape index (κ2) is 11.0. The van der Waals surface area contributed by atoms with Crippen molar-refractivity contribution in [2.45, 2.75) is 19.4 Å². The monoisotopic (exact) mass is 399 g/mol. The topological polar surface area (TPSA) is 87.1 Å². The first kappa shape index (κ1) is 22.1. The zero-order valence-corrected chi connectivity index (χ0v) is 16.7. The highest BCUT2D eigenvalue weighted by Crippen LogP contribution is 2.19. The second-order valence-electron chi connectivity index (χ2n) is 6.39. The summed E-state index contributed by atoms with van der Waals surface area (Å²) < 4.78 is 13.2. The van der Waals surface area contributed by atoms with E-state index in [2.05, 4.69) is 46.5 Å². The largest absolute Gasteiger partial charge is 0.384 e. The minimum absolute atomic E-state index is 0.122. The maximum absolute atomic E-state index is 13.2. The van der Waals surface area contributed by atoms with Crippen LogP contribution in [0.4, 0.5) is 10.2 Å². The van der Waals surface area contributed by atoms with E-state index < -0.39 is 0 Å². The Bertz CT molecular complexity index is 1060. The van der Waals surface area contributed by atoms with Crippen LogP contribution >= 0.6 is 0 Å². The summed E-state index contributed by atoms with van der Waals surface area (Å²) in [6, 6.07) is 11.6. The Hall–Kier alpha value is -4.16. The van der Waals surface area contributed by atoms with Crippen molar-refractivity contribution < 1.29 is 4.39 Å². The molecule has 1 heterocycles. The number of halogens is 1. The molecule has 30 heavy (non-hydrogen) atoms. The molecule has 1 unspecified atom stereocenters. The van der Waals surface area contributed by atoms with E-state index in [0.717, 1.165) is 16.7 Å². The third-order valence-corrected chi connectivity index (χ3v) is 4.14. The molecule has 0 bridgehead atoms. The fourth-order valence-corrected chi connectivity index (χ4v) is 2.54. The number of pyridine rings is 1. The van der Waals surface area contributed by atoms with Crippen LogP contribution in [-0.4, -0.2) is 11.7 Å². The number of benzene rings is 1. The molecular formula is C24H22FN5. The maximum atomic E-state index is 13.2. The minimum atomic E-state index is -0.293. The zero-order valence-electron chi connectivity index (χ0n) is 16.7. The van der Waals surface area contributed by atoms with Crippen molar-refractivity contribution in [3.63, 3.8) is 0 Å². The molecular weight excluding hydrogens is 377 g/mol. The average Bonchev–Trinajstić information content (AvgIpc) is 2.74. The average molecular weight is 399 g/mol. The molecule has 2 rings (SSSR count). The number of hydrogen-bond acceptors (Lipinski definition) is 5. The molecule has 6 heteroatoms. The molecule has 0 saturated carbocycles. The minimum Gasteiger partial charge on any atom is -0.384 e. The summed E-state index contributed by atoms with van der Waals surface area (Å²) in [5.41, 5.74) is 8.86. The molecule has 0 aliphatic heterocycles. The number of anilines is 1. The smallest absolute Gasteiger partial charge is 0.123 e. The molecule has 0 aliphatic carbocycles. The van der Waals surface area contributed by atoms with E-state index in [1.807, 2.05) is 6.92 Å². The van der Waals surface area contributed by atoms with Gasteiger partial charge in [0.25, 0.3) is 0 Å². The normalized spacial score (nSPS) is 12.2. The summed E-state index contributed by atoms with van der Waals surface area (Å²) in [7, 11) is 0. The fourth-order valence-electron chi connectivity index (χ4n) is 2.54. The van der Waals surface area contributed by atoms with Crippen molar-refractivity contribution in [2.24, 2.45) is 4.99 Å². The SMILES string of the molecule is C=N/C=C(C#N)\C=C(/CC#Cc1ccc(N)nc1)C(=C)NC(C)c1ccc(F)cc1. The summed E-state index contributed by atoms with van der Waals surface area (Å²) in [5, 5.41) is 12.6. The number of nitrogens with one attached hydrogen (secondary N) is 1. The number of nitrogen functional groups attached to an aromatic ring is 1. The number of aliphatic imine (C=N–C) groups is 1. The molecule has 3 N–H and O–H groups in total. The second-order valence-corrected chi connectivity index (χ2v) is 6.39. The molecule has 1 aromatic heterocycles. The maximum Gasteiger partial charge on any atom is 0.123 e. The van der Waals surface area contributed by atoms with Crippen LogP contribution in [0.2, 0.25) is 0 Å². The molecule has 1 aromatic carbocycles. The summed E-state index contributed by atoms with van der Waals surface area (Å²) in [6.45, 7) is 9.41. The van der Waals surface area contributed by atoms with Gasteiger partial charge in [-0.05, 0) is 55.1 Å². The van der Waals surface area contributed by atoms with Crippen molar-refractivity contribution in [1.29, 1.82) is 5.26 Å². The van der Waals surface area contributed by atoms with Crippen molar-refractivity contribution in [2.75, 3.05) is 5.73 Å². The van der Waals surface area contributed by atoms with Gasteiger partial charge in [-0.25, -0.2) is 9.37 Å². The highest BCUT2D eigenvalue weighted by atomic mass is 19.1. The fraction of sp³-hybridized carbons (Fsp3) is 0.125. The Kier molecular flexibility index (Phi) is 8.11. The highest BCUT2D eigenvalue weighted by Gasteiger charge is 2.10. The van der Waals surface area contributed by atoms with Gasteiger partial charge in [-0.1, -0.05) is 30.6 Å². The lowest BCUT2D eigenvalue weighted by Gasteiger charge is -2.19. The van der Waals surface area contributed by atoms with E-state index in [0.29, 0.717) is 23.5 Å². The molecule has 0 radical (unpaired) electrons. The van der Waals surface area contributed by atoms with E-state index in [1.54, 1.807) is 36.5 Å². The van der Waals surface area contributed by atoms with Gasteiger partial charge >= 0.3 is 0 Å². The lowest BCUT2D eigenvalue weighted by molar-refractivity contribution is 0.620. The molecule has 1 atom stereocenters. The van der Waals surface area contributed by atoms with Gasteiger partial charge in [0.05, 0.1) is 5.57 Å². The van der Waals surface area contributed by atoms with Crippen LogP contribution in [0.5, 0.6) is 0 Å². The first-order valence-electron chi connectivity index (χ1n) is 9.11. The van der Waals surface area contributed by atoms with Crippen LogP contribution in [0.25, 0.3) is 0 Å². The molecule has 0 aliphatic rings. The molecule has 0 amide bonds. The number of nitriles is 1. The lowest BCUT2D eigenvalue weighted by atomic mass is 10.0. The number of aromatic nitrogens is 1.